The van der Waals surface area contributed by atoms with Crippen LogP contribution in [0.25, 0.3) is 10.2 Å². The zero-order valence-corrected chi connectivity index (χ0v) is 8.90. The van der Waals surface area contributed by atoms with Gasteiger partial charge in [0, 0.05) is 6.04 Å². The molecule has 0 amide bonds. The molecule has 1 N–H and O–H groups in total. The maximum absolute atomic E-state index is 5.83. The van der Waals surface area contributed by atoms with Crippen molar-refractivity contribution in [2.24, 2.45) is 0 Å². The minimum absolute atomic E-state index is 0.322. The highest BCUT2D eigenvalue weighted by Crippen LogP contribution is 2.30. The van der Waals surface area contributed by atoms with Crippen LogP contribution < -0.4 is 5.32 Å². The predicted octanol–water partition coefficient (Wildman–Crippen LogP) is 2.92. The van der Waals surface area contributed by atoms with Crippen LogP contribution in [0.15, 0.2) is 11.4 Å². The molecule has 2 aromatic rings. The number of fused-ring (bicyclic) bond motifs is 1. The van der Waals surface area contributed by atoms with Gasteiger partial charge in [0.1, 0.15) is 10.6 Å². The zero-order chi connectivity index (χ0) is 9.54. The minimum atomic E-state index is 0.322. The van der Waals surface area contributed by atoms with Crippen LogP contribution in [0.5, 0.6) is 0 Å². The number of hydrogen-bond donors (Lipinski definition) is 1. The Hall–Kier alpha value is -0.870. The summed E-state index contributed by atoms with van der Waals surface area (Å²) in [5, 5.41) is 6.76. The van der Waals surface area contributed by atoms with Crippen molar-refractivity contribution in [2.45, 2.75) is 18.9 Å². The van der Waals surface area contributed by atoms with Gasteiger partial charge in [-0.15, -0.1) is 11.3 Å². The van der Waals surface area contributed by atoms with Gasteiger partial charge in [-0.25, -0.2) is 9.97 Å². The number of halogens is 1. The number of thiophene rings is 1. The van der Waals surface area contributed by atoms with Crippen molar-refractivity contribution in [3.05, 3.63) is 16.7 Å². The average Bonchev–Trinajstić information content (AvgIpc) is 2.81. The van der Waals surface area contributed by atoms with Crippen LogP contribution in [-0.2, 0) is 0 Å². The van der Waals surface area contributed by atoms with Gasteiger partial charge in [0.2, 0.25) is 5.28 Å². The van der Waals surface area contributed by atoms with Gasteiger partial charge < -0.3 is 5.32 Å². The van der Waals surface area contributed by atoms with Crippen molar-refractivity contribution in [3.8, 4) is 0 Å². The molecule has 0 radical (unpaired) electrons. The van der Waals surface area contributed by atoms with Gasteiger partial charge in [-0.05, 0) is 35.9 Å². The van der Waals surface area contributed by atoms with Gasteiger partial charge in [-0.2, -0.15) is 0 Å². The third kappa shape index (κ3) is 1.44. The Bertz CT molecular complexity index is 478. The van der Waals surface area contributed by atoms with Gasteiger partial charge >= 0.3 is 0 Å². The Morgan fingerprint density at radius 2 is 2.29 bits per heavy atom. The summed E-state index contributed by atoms with van der Waals surface area (Å²) in [4.78, 5) is 9.31. The summed E-state index contributed by atoms with van der Waals surface area (Å²) >= 11 is 7.42. The Morgan fingerprint density at radius 3 is 3.07 bits per heavy atom. The Kier molecular flexibility index (Phi) is 1.85. The summed E-state index contributed by atoms with van der Waals surface area (Å²) in [6, 6.07) is 2.62. The number of hydrogen-bond acceptors (Lipinski definition) is 4. The lowest BCUT2D eigenvalue weighted by Gasteiger charge is -2.04. The molecule has 0 unspecified atom stereocenters. The number of rotatable bonds is 2. The molecule has 1 aliphatic rings. The predicted molar refractivity (Wildman–Crippen MR) is 59.1 cm³/mol. The molecule has 0 spiro atoms. The minimum Gasteiger partial charge on any atom is -0.367 e. The fraction of sp³-hybridized carbons (Fsp3) is 0.333. The Morgan fingerprint density at radius 1 is 1.43 bits per heavy atom. The standard InChI is InChI=1S/C9H8ClN3S/c10-9-12-7(11-5-1-2-5)6-3-4-14-8(6)13-9/h3-5H,1-2H2,(H,11,12,13). The molecule has 2 heterocycles. The number of nitrogens with one attached hydrogen (secondary N) is 1. The molecule has 1 aliphatic carbocycles. The third-order valence-electron chi connectivity index (χ3n) is 2.22. The van der Waals surface area contributed by atoms with Crippen LogP contribution in [0, 0.1) is 0 Å². The fourth-order valence-electron chi connectivity index (χ4n) is 1.36. The van der Waals surface area contributed by atoms with E-state index in [2.05, 4.69) is 15.3 Å². The van der Waals surface area contributed by atoms with Gasteiger partial charge in [0.15, 0.2) is 0 Å². The normalized spacial score (nSPS) is 16.1. The maximum atomic E-state index is 5.83. The molecule has 2 aromatic heterocycles. The van der Waals surface area contributed by atoms with E-state index < -0.39 is 0 Å². The van der Waals surface area contributed by atoms with E-state index in [1.165, 1.54) is 12.8 Å². The van der Waals surface area contributed by atoms with Crippen molar-refractivity contribution < 1.29 is 0 Å². The smallest absolute Gasteiger partial charge is 0.225 e. The first kappa shape index (κ1) is 8.44. The van der Waals surface area contributed by atoms with E-state index in [4.69, 9.17) is 11.6 Å². The molecule has 1 saturated carbocycles. The summed E-state index contributed by atoms with van der Waals surface area (Å²) in [5.74, 6) is 0.878. The molecule has 5 heteroatoms. The van der Waals surface area contributed by atoms with Crippen molar-refractivity contribution in [1.29, 1.82) is 0 Å². The molecule has 0 bridgehead atoms. The van der Waals surface area contributed by atoms with Crippen LogP contribution in [0.2, 0.25) is 5.28 Å². The molecule has 0 saturated heterocycles. The SMILES string of the molecule is Clc1nc(NC2CC2)c2ccsc2n1. The second-order valence-corrected chi connectivity index (χ2v) is 4.63. The molecule has 14 heavy (non-hydrogen) atoms. The summed E-state index contributed by atoms with van der Waals surface area (Å²) < 4.78 is 0. The maximum Gasteiger partial charge on any atom is 0.225 e. The first-order valence-corrected chi connectivity index (χ1v) is 5.76. The van der Waals surface area contributed by atoms with Crippen molar-refractivity contribution in [3.63, 3.8) is 0 Å². The highest BCUT2D eigenvalue weighted by atomic mass is 35.5. The number of aromatic nitrogens is 2. The first-order valence-electron chi connectivity index (χ1n) is 4.50. The molecule has 3 rings (SSSR count). The largest absolute Gasteiger partial charge is 0.367 e. The second kappa shape index (κ2) is 3.07. The number of anilines is 1. The van der Waals surface area contributed by atoms with Crippen LogP contribution in [0.4, 0.5) is 5.82 Å². The topological polar surface area (TPSA) is 37.8 Å². The van der Waals surface area contributed by atoms with Crippen LogP contribution in [0.3, 0.4) is 0 Å². The van der Waals surface area contributed by atoms with Gasteiger partial charge in [0.25, 0.3) is 0 Å². The number of nitrogens with zero attached hydrogens (tertiary/aromatic N) is 2. The molecule has 3 nitrogen and oxygen atoms in total. The molecular weight excluding hydrogens is 218 g/mol. The van der Waals surface area contributed by atoms with E-state index in [-0.39, 0.29) is 0 Å². The quantitative estimate of drug-likeness (QED) is 0.799. The second-order valence-electron chi connectivity index (χ2n) is 3.40. The van der Waals surface area contributed by atoms with E-state index in [0.29, 0.717) is 11.3 Å². The lowest BCUT2D eigenvalue weighted by molar-refractivity contribution is 1.11. The molecule has 0 aromatic carbocycles. The van der Waals surface area contributed by atoms with Gasteiger partial charge in [-0.3, -0.25) is 0 Å². The molecule has 1 fully saturated rings. The third-order valence-corrected chi connectivity index (χ3v) is 3.19. The molecule has 72 valence electrons. The highest BCUT2D eigenvalue weighted by molar-refractivity contribution is 7.16. The van der Waals surface area contributed by atoms with E-state index >= 15 is 0 Å². The zero-order valence-electron chi connectivity index (χ0n) is 7.33. The fourth-order valence-corrected chi connectivity index (χ4v) is 2.34. The summed E-state index contributed by atoms with van der Waals surface area (Å²) in [5.41, 5.74) is 0. The van der Waals surface area contributed by atoms with Crippen molar-refractivity contribution >= 4 is 39.0 Å². The average molecular weight is 226 g/mol. The molecular formula is C9H8ClN3S. The van der Waals surface area contributed by atoms with Crippen LogP contribution >= 0.6 is 22.9 Å². The van der Waals surface area contributed by atoms with Crippen molar-refractivity contribution in [1.82, 2.24) is 9.97 Å². The summed E-state index contributed by atoms with van der Waals surface area (Å²) in [6.07, 6.45) is 2.46. The Balaban J connectivity index is 2.13. The molecule has 0 atom stereocenters. The summed E-state index contributed by atoms with van der Waals surface area (Å²) in [7, 11) is 0. The highest BCUT2D eigenvalue weighted by Gasteiger charge is 2.22. The summed E-state index contributed by atoms with van der Waals surface area (Å²) in [6.45, 7) is 0. The van der Waals surface area contributed by atoms with E-state index in [1.54, 1.807) is 11.3 Å². The van der Waals surface area contributed by atoms with Crippen LogP contribution in [-0.4, -0.2) is 16.0 Å². The lowest BCUT2D eigenvalue weighted by atomic mass is 10.4. The van der Waals surface area contributed by atoms with E-state index in [9.17, 15) is 0 Å². The van der Waals surface area contributed by atoms with Crippen LogP contribution in [0.1, 0.15) is 12.8 Å². The van der Waals surface area contributed by atoms with Gasteiger partial charge in [-0.1, -0.05) is 0 Å². The van der Waals surface area contributed by atoms with E-state index in [0.717, 1.165) is 16.0 Å². The van der Waals surface area contributed by atoms with Crippen molar-refractivity contribution in [2.75, 3.05) is 5.32 Å². The monoisotopic (exact) mass is 225 g/mol. The molecule has 0 aliphatic heterocycles. The van der Waals surface area contributed by atoms with E-state index in [1.807, 2.05) is 11.4 Å². The Labute approximate surface area is 90.1 Å². The van der Waals surface area contributed by atoms with Gasteiger partial charge in [0.05, 0.1) is 5.39 Å². The first-order chi connectivity index (χ1) is 6.83. The lowest BCUT2D eigenvalue weighted by Crippen LogP contribution is -2.03.